The average molecular weight is 168 g/mol. The third-order valence-corrected chi connectivity index (χ3v) is 1.65. The predicted octanol–water partition coefficient (Wildman–Crippen LogP) is 1.44. The molecule has 3 nitrogen and oxygen atoms in total. The lowest BCUT2D eigenvalue weighted by Crippen LogP contribution is -2.20. The molecule has 0 atom stereocenters. The first-order chi connectivity index (χ1) is 5.66. The summed E-state index contributed by atoms with van der Waals surface area (Å²) in [5, 5.41) is 15.6. The van der Waals surface area contributed by atoms with Gasteiger partial charge in [-0.2, -0.15) is 0 Å². The Morgan fingerprint density at radius 2 is 2.25 bits per heavy atom. The highest BCUT2D eigenvalue weighted by Crippen LogP contribution is 2.11. The van der Waals surface area contributed by atoms with Crippen LogP contribution in [-0.4, -0.2) is 11.0 Å². The first kappa shape index (κ1) is 8.67. The van der Waals surface area contributed by atoms with Gasteiger partial charge in [-0.3, -0.25) is 16.1 Å². The van der Waals surface area contributed by atoms with Crippen molar-refractivity contribution in [1.82, 2.24) is 5.48 Å². The quantitative estimate of drug-likeness (QED) is 0.337. The lowest BCUT2D eigenvalue weighted by molar-refractivity contribution is 0.234. The highest BCUT2D eigenvalue weighted by Gasteiger charge is 2.06. The third-order valence-electron chi connectivity index (χ3n) is 1.65. The van der Waals surface area contributed by atoms with Crippen LogP contribution in [0.1, 0.15) is 11.1 Å². The van der Waals surface area contributed by atoms with Crippen molar-refractivity contribution in [3.63, 3.8) is 0 Å². The summed E-state index contributed by atoms with van der Waals surface area (Å²) in [5.41, 5.74) is 2.38. The van der Waals surface area contributed by atoms with Gasteiger partial charge in [-0.15, -0.1) is 0 Å². The second kappa shape index (κ2) is 3.32. The maximum absolute atomic E-state index is 12.9. The molecule has 0 spiro atoms. The molecule has 0 bridgehead atoms. The van der Waals surface area contributed by atoms with Gasteiger partial charge in [0.1, 0.15) is 11.7 Å². The molecular weight excluding hydrogens is 159 g/mol. The standard InChI is InChI=1S/C8H9FN2O/c1-5-6(8(10)11-12)3-2-4-7(5)9/h2-4,12H,1H3,(H2,10,11). The number of rotatable bonds is 1. The van der Waals surface area contributed by atoms with Crippen molar-refractivity contribution in [3.8, 4) is 0 Å². The summed E-state index contributed by atoms with van der Waals surface area (Å²) in [6.07, 6.45) is 0. The van der Waals surface area contributed by atoms with Gasteiger partial charge >= 0.3 is 0 Å². The minimum Gasteiger partial charge on any atom is -0.290 e. The number of hydrogen-bond donors (Lipinski definition) is 3. The van der Waals surface area contributed by atoms with Crippen molar-refractivity contribution in [1.29, 1.82) is 5.41 Å². The normalized spacial score (nSPS) is 9.58. The van der Waals surface area contributed by atoms with E-state index in [1.54, 1.807) is 18.5 Å². The summed E-state index contributed by atoms with van der Waals surface area (Å²) < 4.78 is 12.9. The first-order valence-corrected chi connectivity index (χ1v) is 3.41. The summed E-state index contributed by atoms with van der Waals surface area (Å²) in [5.74, 6) is -0.584. The van der Waals surface area contributed by atoms with Gasteiger partial charge in [0.2, 0.25) is 0 Å². The van der Waals surface area contributed by atoms with Crippen LogP contribution in [0.2, 0.25) is 0 Å². The fraction of sp³-hybridized carbons (Fsp3) is 0.125. The zero-order valence-corrected chi connectivity index (χ0v) is 6.56. The molecule has 64 valence electrons. The topological polar surface area (TPSA) is 56.1 Å². The lowest BCUT2D eigenvalue weighted by Gasteiger charge is -2.05. The van der Waals surface area contributed by atoms with Crippen LogP contribution >= 0.6 is 0 Å². The summed E-state index contributed by atoms with van der Waals surface area (Å²) in [6, 6.07) is 4.36. The fourth-order valence-corrected chi connectivity index (χ4v) is 0.939. The van der Waals surface area contributed by atoms with Gasteiger partial charge in [0.25, 0.3) is 0 Å². The van der Waals surface area contributed by atoms with Gasteiger partial charge in [0.15, 0.2) is 0 Å². The Kier molecular flexibility index (Phi) is 2.40. The number of hydroxylamine groups is 1. The van der Waals surface area contributed by atoms with Crippen molar-refractivity contribution in [2.45, 2.75) is 6.92 Å². The second-order valence-corrected chi connectivity index (χ2v) is 2.40. The molecule has 0 aromatic heterocycles. The van der Waals surface area contributed by atoms with Gasteiger partial charge in [0, 0.05) is 5.56 Å². The van der Waals surface area contributed by atoms with E-state index in [1.165, 1.54) is 12.1 Å². The minimum absolute atomic E-state index is 0.202. The molecule has 1 rings (SSSR count). The van der Waals surface area contributed by atoms with Gasteiger partial charge < -0.3 is 0 Å². The molecule has 0 aliphatic heterocycles. The van der Waals surface area contributed by atoms with Crippen LogP contribution < -0.4 is 5.48 Å². The Morgan fingerprint density at radius 3 is 2.83 bits per heavy atom. The van der Waals surface area contributed by atoms with Crippen molar-refractivity contribution >= 4 is 5.84 Å². The van der Waals surface area contributed by atoms with E-state index in [4.69, 9.17) is 10.6 Å². The molecule has 0 aliphatic rings. The largest absolute Gasteiger partial charge is 0.290 e. The van der Waals surface area contributed by atoms with E-state index in [0.717, 1.165) is 0 Å². The SMILES string of the molecule is Cc1c(F)cccc1C(=N)NO. The molecular formula is C8H9FN2O. The molecule has 0 saturated heterocycles. The Hall–Kier alpha value is -1.42. The Bertz CT molecular complexity index is 312. The van der Waals surface area contributed by atoms with Gasteiger partial charge in [0.05, 0.1) is 0 Å². The van der Waals surface area contributed by atoms with Gasteiger partial charge in [-0.25, -0.2) is 4.39 Å². The minimum atomic E-state index is -0.382. The Morgan fingerprint density at radius 1 is 1.58 bits per heavy atom. The predicted molar refractivity (Wildman–Crippen MR) is 42.9 cm³/mol. The summed E-state index contributed by atoms with van der Waals surface area (Å²) in [7, 11) is 0. The molecule has 0 unspecified atom stereocenters. The van der Waals surface area contributed by atoms with Gasteiger partial charge in [-0.1, -0.05) is 12.1 Å². The number of halogens is 1. The highest BCUT2D eigenvalue weighted by molar-refractivity contribution is 5.96. The smallest absolute Gasteiger partial charge is 0.149 e. The molecule has 0 heterocycles. The molecule has 0 saturated carbocycles. The summed E-state index contributed by atoms with van der Waals surface area (Å²) in [6.45, 7) is 1.55. The zero-order valence-electron chi connectivity index (χ0n) is 6.56. The van der Waals surface area contributed by atoms with Crippen LogP contribution in [0.4, 0.5) is 4.39 Å². The lowest BCUT2D eigenvalue weighted by atomic mass is 10.1. The number of hydrogen-bond acceptors (Lipinski definition) is 2. The van der Waals surface area contributed by atoms with E-state index in [2.05, 4.69) is 0 Å². The van der Waals surface area contributed by atoms with E-state index in [-0.39, 0.29) is 11.7 Å². The van der Waals surface area contributed by atoms with Crippen LogP contribution in [0.15, 0.2) is 18.2 Å². The van der Waals surface area contributed by atoms with Crippen LogP contribution in [-0.2, 0) is 0 Å². The van der Waals surface area contributed by atoms with Crippen molar-refractivity contribution < 1.29 is 9.60 Å². The number of benzene rings is 1. The molecule has 0 radical (unpaired) electrons. The average Bonchev–Trinajstić information content (AvgIpc) is 2.08. The monoisotopic (exact) mass is 168 g/mol. The van der Waals surface area contributed by atoms with Crippen LogP contribution in [0.3, 0.4) is 0 Å². The van der Waals surface area contributed by atoms with Crippen molar-refractivity contribution in [2.75, 3.05) is 0 Å². The Labute approximate surface area is 69.3 Å². The highest BCUT2D eigenvalue weighted by atomic mass is 19.1. The van der Waals surface area contributed by atoms with E-state index >= 15 is 0 Å². The summed E-state index contributed by atoms with van der Waals surface area (Å²) in [4.78, 5) is 0. The van der Waals surface area contributed by atoms with Crippen molar-refractivity contribution in [2.24, 2.45) is 0 Å². The number of nitrogens with one attached hydrogen (secondary N) is 2. The maximum atomic E-state index is 12.9. The fourth-order valence-electron chi connectivity index (χ4n) is 0.939. The van der Waals surface area contributed by atoms with Crippen LogP contribution in [0.5, 0.6) is 0 Å². The first-order valence-electron chi connectivity index (χ1n) is 3.41. The van der Waals surface area contributed by atoms with Crippen LogP contribution in [0, 0.1) is 18.2 Å². The third kappa shape index (κ3) is 1.43. The maximum Gasteiger partial charge on any atom is 0.149 e. The molecule has 1 aromatic rings. The molecule has 3 N–H and O–H groups in total. The second-order valence-electron chi connectivity index (χ2n) is 2.40. The van der Waals surface area contributed by atoms with Gasteiger partial charge in [-0.05, 0) is 18.6 Å². The molecule has 0 aliphatic carbocycles. The summed E-state index contributed by atoms with van der Waals surface area (Å²) >= 11 is 0. The molecule has 4 heteroatoms. The van der Waals surface area contributed by atoms with Crippen LogP contribution in [0.25, 0.3) is 0 Å². The zero-order chi connectivity index (χ0) is 9.14. The molecule has 12 heavy (non-hydrogen) atoms. The number of amidine groups is 1. The van der Waals surface area contributed by atoms with E-state index < -0.39 is 0 Å². The van der Waals surface area contributed by atoms with E-state index in [9.17, 15) is 4.39 Å². The molecule has 0 amide bonds. The van der Waals surface area contributed by atoms with E-state index in [1.807, 2.05) is 0 Å². The van der Waals surface area contributed by atoms with Crippen molar-refractivity contribution in [3.05, 3.63) is 35.1 Å². The molecule has 1 aromatic carbocycles. The Balaban J connectivity index is 3.16. The van der Waals surface area contributed by atoms with E-state index in [0.29, 0.717) is 11.1 Å². The molecule has 0 fully saturated rings.